The Morgan fingerprint density at radius 2 is 1.21 bits per heavy atom. The van der Waals surface area contributed by atoms with Crippen LogP contribution in [0.15, 0.2) is 0 Å². The topological polar surface area (TPSA) is 0 Å². The second kappa shape index (κ2) is 3.42. The third kappa shape index (κ3) is 1.20. The first-order chi connectivity index (χ1) is 9.38. The summed E-state index contributed by atoms with van der Waals surface area (Å²) in [5, 5.41) is 0. The molecule has 6 aliphatic rings. The van der Waals surface area contributed by atoms with Gasteiger partial charge in [-0.15, -0.1) is 0 Å². The molecule has 6 bridgehead atoms. The molecule has 0 heterocycles. The zero-order chi connectivity index (χ0) is 12.1. The predicted octanol–water partition coefficient (Wildman–Crippen LogP) is 4.74. The Balaban J connectivity index is 1.31. The lowest BCUT2D eigenvalue weighted by atomic mass is 9.62. The standard InChI is InChI=1S/C19H28/c1-2-11-5-10(1)6-15(11)16-8-14-9-17(16)19-13-4-3-12(7-13)18(14)19/h10-19H,1-9H2. The van der Waals surface area contributed by atoms with Gasteiger partial charge in [-0.05, 0) is 111 Å². The van der Waals surface area contributed by atoms with Crippen LogP contribution in [0.5, 0.6) is 0 Å². The summed E-state index contributed by atoms with van der Waals surface area (Å²) in [6.45, 7) is 0. The van der Waals surface area contributed by atoms with E-state index in [4.69, 9.17) is 0 Å². The lowest BCUT2D eigenvalue weighted by Crippen LogP contribution is -2.36. The summed E-state index contributed by atoms with van der Waals surface area (Å²) in [5.41, 5.74) is 0. The number of hydrogen-bond donors (Lipinski definition) is 0. The van der Waals surface area contributed by atoms with Crippen LogP contribution in [0.4, 0.5) is 0 Å². The molecular formula is C19H28. The van der Waals surface area contributed by atoms with Crippen molar-refractivity contribution in [2.24, 2.45) is 59.2 Å². The fourth-order valence-corrected chi connectivity index (χ4v) is 8.93. The molecule has 6 saturated carbocycles. The van der Waals surface area contributed by atoms with Crippen molar-refractivity contribution >= 4 is 0 Å². The maximum absolute atomic E-state index is 1.68. The molecule has 0 amide bonds. The van der Waals surface area contributed by atoms with Gasteiger partial charge in [0.2, 0.25) is 0 Å². The SMILES string of the molecule is C1CC2CC1CC2C1CC2CC1C1C3CCC(C3)C21. The van der Waals surface area contributed by atoms with Crippen LogP contribution >= 0.6 is 0 Å². The highest BCUT2D eigenvalue weighted by molar-refractivity contribution is 5.12. The van der Waals surface area contributed by atoms with Crippen LogP contribution in [0, 0.1) is 59.2 Å². The van der Waals surface area contributed by atoms with Crippen LogP contribution < -0.4 is 0 Å². The van der Waals surface area contributed by atoms with Crippen molar-refractivity contribution < 1.29 is 0 Å². The molecule has 19 heavy (non-hydrogen) atoms. The molecule has 0 aromatic rings. The Bertz CT molecular complexity index is 412. The van der Waals surface area contributed by atoms with Crippen LogP contribution in [0.3, 0.4) is 0 Å². The van der Waals surface area contributed by atoms with Crippen LogP contribution in [0.2, 0.25) is 0 Å². The Kier molecular flexibility index (Phi) is 1.92. The van der Waals surface area contributed by atoms with Crippen LogP contribution in [0.25, 0.3) is 0 Å². The Labute approximate surface area is 117 Å². The van der Waals surface area contributed by atoms with Gasteiger partial charge in [0.25, 0.3) is 0 Å². The van der Waals surface area contributed by atoms with Crippen molar-refractivity contribution in [3.63, 3.8) is 0 Å². The molecule has 0 nitrogen and oxygen atoms in total. The Morgan fingerprint density at radius 3 is 2.00 bits per heavy atom. The first-order valence-corrected chi connectivity index (χ1v) is 9.38. The van der Waals surface area contributed by atoms with Crippen LogP contribution in [0.1, 0.15) is 57.8 Å². The van der Waals surface area contributed by atoms with Crippen molar-refractivity contribution in [1.82, 2.24) is 0 Å². The average Bonchev–Trinajstić information content (AvgIpc) is 3.22. The van der Waals surface area contributed by atoms with Gasteiger partial charge in [0.15, 0.2) is 0 Å². The number of rotatable bonds is 1. The van der Waals surface area contributed by atoms with Crippen molar-refractivity contribution in [3.8, 4) is 0 Å². The summed E-state index contributed by atoms with van der Waals surface area (Å²) in [6.07, 6.45) is 14.8. The minimum atomic E-state index is 1.17. The molecule has 0 aromatic carbocycles. The van der Waals surface area contributed by atoms with E-state index in [0.29, 0.717) is 0 Å². The summed E-state index contributed by atoms with van der Waals surface area (Å²) in [6, 6.07) is 0. The minimum absolute atomic E-state index is 1.17. The van der Waals surface area contributed by atoms with E-state index in [9.17, 15) is 0 Å². The van der Waals surface area contributed by atoms with Gasteiger partial charge in [0.05, 0.1) is 0 Å². The summed E-state index contributed by atoms with van der Waals surface area (Å²) < 4.78 is 0. The highest BCUT2D eigenvalue weighted by Gasteiger charge is 2.64. The van der Waals surface area contributed by atoms with Gasteiger partial charge in [0, 0.05) is 0 Å². The van der Waals surface area contributed by atoms with E-state index in [1.54, 1.807) is 57.8 Å². The van der Waals surface area contributed by atoms with E-state index in [2.05, 4.69) is 0 Å². The van der Waals surface area contributed by atoms with Gasteiger partial charge in [0.1, 0.15) is 0 Å². The third-order valence-electron chi connectivity index (χ3n) is 9.13. The summed E-state index contributed by atoms with van der Waals surface area (Å²) in [4.78, 5) is 0. The van der Waals surface area contributed by atoms with Gasteiger partial charge >= 0.3 is 0 Å². The quantitative estimate of drug-likeness (QED) is 0.594. The smallest absolute Gasteiger partial charge is 0.0321 e. The van der Waals surface area contributed by atoms with E-state index in [0.717, 1.165) is 0 Å². The Morgan fingerprint density at radius 1 is 0.421 bits per heavy atom. The van der Waals surface area contributed by atoms with Crippen molar-refractivity contribution in [2.75, 3.05) is 0 Å². The van der Waals surface area contributed by atoms with Crippen LogP contribution in [-0.2, 0) is 0 Å². The highest BCUT2D eigenvalue weighted by Crippen LogP contribution is 2.71. The fraction of sp³-hybridized carbons (Fsp3) is 1.00. The van der Waals surface area contributed by atoms with Crippen LogP contribution in [-0.4, -0.2) is 0 Å². The molecule has 0 saturated heterocycles. The molecule has 6 fully saturated rings. The summed E-state index contributed by atoms with van der Waals surface area (Å²) >= 11 is 0. The lowest BCUT2D eigenvalue weighted by molar-refractivity contribution is 0.0581. The molecule has 104 valence electrons. The normalized spacial score (nSPS) is 68.2. The largest absolute Gasteiger partial charge is 0.0502 e. The first-order valence-electron chi connectivity index (χ1n) is 9.38. The molecule has 0 spiro atoms. The molecule has 0 radical (unpaired) electrons. The minimum Gasteiger partial charge on any atom is -0.0502 e. The van der Waals surface area contributed by atoms with Gasteiger partial charge in [-0.2, -0.15) is 0 Å². The summed E-state index contributed by atoms with van der Waals surface area (Å²) in [5.74, 6) is 12.1. The highest BCUT2D eigenvalue weighted by atomic mass is 14.7. The van der Waals surface area contributed by atoms with E-state index >= 15 is 0 Å². The number of fused-ring (bicyclic) bond motifs is 11. The molecule has 0 N–H and O–H groups in total. The van der Waals surface area contributed by atoms with Crippen molar-refractivity contribution in [1.29, 1.82) is 0 Å². The van der Waals surface area contributed by atoms with E-state index in [1.807, 2.05) is 0 Å². The van der Waals surface area contributed by atoms with E-state index in [1.165, 1.54) is 59.2 Å². The molecule has 6 aliphatic carbocycles. The van der Waals surface area contributed by atoms with Gasteiger partial charge in [-0.25, -0.2) is 0 Å². The predicted molar refractivity (Wildman–Crippen MR) is 76.5 cm³/mol. The number of hydrogen-bond acceptors (Lipinski definition) is 0. The maximum atomic E-state index is 1.68. The molecule has 10 atom stereocenters. The maximum Gasteiger partial charge on any atom is -0.0321 e. The zero-order valence-corrected chi connectivity index (χ0v) is 12.1. The summed E-state index contributed by atoms with van der Waals surface area (Å²) in [7, 11) is 0. The fourth-order valence-electron chi connectivity index (χ4n) is 8.93. The average molecular weight is 256 g/mol. The van der Waals surface area contributed by atoms with E-state index < -0.39 is 0 Å². The third-order valence-corrected chi connectivity index (χ3v) is 9.13. The lowest BCUT2D eigenvalue weighted by Gasteiger charge is -2.42. The van der Waals surface area contributed by atoms with E-state index in [-0.39, 0.29) is 0 Å². The Hall–Kier alpha value is 0. The second-order valence-corrected chi connectivity index (χ2v) is 9.39. The molecular weight excluding hydrogens is 228 g/mol. The zero-order valence-electron chi connectivity index (χ0n) is 12.1. The molecule has 6 rings (SSSR count). The molecule has 10 unspecified atom stereocenters. The molecule has 0 aromatic heterocycles. The molecule has 0 heteroatoms. The monoisotopic (exact) mass is 256 g/mol. The molecule has 0 aliphatic heterocycles. The van der Waals surface area contributed by atoms with Gasteiger partial charge in [-0.3, -0.25) is 0 Å². The van der Waals surface area contributed by atoms with Crippen molar-refractivity contribution in [3.05, 3.63) is 0 Å². The van der Waals surface area contributed by atoms with Crippen molar-refractivity contribution in [2.45, 2.75) is 57.8 Å². The van der Waals surface area contributed by atoms with Gasteiger partial charge in [-0.1, -0.05) is 6.42 Å². The second-order valence-electron chi connectivity index (χ2n) is 9.39. The van der Waals surface area contributed by atoms with Gasteiger partial charge < -0.3 is 0 Å². The first kappa shape index (κ1) is 10.7.